The molecule has 0 aromatic rings. The van der Waals surface area contributed by atoms with Gasteiger partial charge in [0.25, 0.3) is 0 Å². The first kappa shape index (κ1) is 25.5. The zero-order valence-electron chi connectivity index (χ0n) is 24.5. The van der Waals surface area contributed by atoms with E-state index in [1.165, 1.54) is 19.3 Å². The van der Waals surface area contributed by atoms with E-state index in [4.69, 9.17) is 0 Å². The van der Waals surface area contributed by atoms with Crippen molar-refractivity contribution >= 4 is 19.8 Å². The smallest absolute Gasteiger partial charge is 0.0555 e. The van der Waals surface area contributed by atoms with Gasteiger partial charge >= 0.3 is 0 Å². The molecule has 0 spiro atoms. The highest BCUT2D eigenvalue weighted by Gasteiger charge is 2.65. The predicted molar refractivity (Wildman–Crippen MR) is 160 cm³/mol. The molecule has 1 heterocycles. The SMILES string of the molecule is CC1CC2C(CC3CCCC3C2C2CCCCC2)C1[Si](C)(C)C1C(C)C(C)C2C3CCCCC3SC21. The number of hydrogen-bond acceptors (Lipinski definition) is 1. The molecule has 0 N–H and O–H groups in total. The van der Waals surface area contributed by atoms with Crippen molar-refractivity contribution in [3.63, 3.8) is 0 Å². The zero-order valence-corrected chi connectivity index (χ0v) is 26.3. The minimum absolute atomic E-state index is 0.986. The standard InChI is InChI=1S/C34H58SSi/c1-20-18-27-28(19-24-14-11-16-25(24)31(27)23-12-7-6-8-13-23)33(20)36(4,5)34-22(3)21(2)30-26-15-9-10-17-29(26)35-32(30)34/h20-34H,6-19H2,1-5H3. The summed E-state index contributed by atoms with van der Waals surface area (Å²) in [6.07, 6.45) is 22.1. The maximum absolute atomic E-state index is 2.96. The van der Waals surface area contributed by atoms with Crippen LogP contribution < -0.4 is 0 Å². The van der Waals surface area contributed by atoms with Crippen LogP contribution in [-0.2, 0) is 0 Å². The molecule has 36 heavy (non-hydrogen) atoms. The van der Waals surface area contributed by atoms with Crippen LogP contribution in [0, 0.1) is 65.1 Å². The molecule has 0 amide bonds. The van der Waals surface area contributed by atoms with Gasteiger partial charge in [-0.2, -0.15) is 11.8 Å². The Bertz CT molecular complexity index is 801. The molecule has 6 aliphatic carbocycles. The van der Waals surface area contributed by atoms with Crippen molar-refractivity contribution in [1.29, 1.82) is 0 Å². The van der Waals surface area contributed by atoms with E-state index >= 15 is 0 Å². The summed E-state index contributed by atoms with van der Waals surface area (Å²) in [6.45, 7) is 14.2. The second-order valence-corrected chi connectivity index (χ2v) is 22.8. The van der Waals surface area contributed by atoms with Crippen LogP contribution in [0.4, 0.5) is 0 Å². The summed E-state index contributed by atoms with van der Waals surface area (Å²) in [7, 11) is -1.41. The van der Waals surface area contributed by atoms with Crippen LogP contribution in [0.1, 0.15) is 111 Å². The van der Waals surface area contributed by atoms with Crippen molar-refractivity contribution in [2.24, 2.45) is 65.1 Å². The van der Waals surface area contributed by atoms with Crippen LogP contribution in [-0.4, -0.2) is 18.6 Å². The van der Waals surface area contributed by atoms with Gasteiger partial charge in [-0.15, -0.1) is 0 Å². The second-order valence-electron chi connectivity index (χ2n) is 16.4. The minimum atomic E-state index is -1.41. The lowest BCUT2D eigenvalue weighted by Gasteiger charge is -2.51. The Kier molecular flexibility index (Phi) is 6.80. The van der Waals surface area contributed by atoms with Crippen molar-refractivity contribution in [3.8, 4) is 0 Å². The Labute approximate surface area is 229 Å². The summed E-state index contributed by atoms with van der Waals surface area (Å²) in [4.78, 5) is 0. The summed E-state index contributed by atoms with van der Waals surface area (Å²) in [5, 5.41) is 2.07. The van der Waals surface area contributed by atoms with Crippen LogP contribution in [0.15, 0.2) is 0 Å². The molecule has 1 saturated heterocycles. The molecular weight excluding hydrogens is 469 g/mol. The Hall–Kier alpha value is 0.567. The lowest BCUT2D eigenvalue weighted by atomic mass is 9.58. The quantitative estimate of drug-likeness (QED) is 0.330. The maximum Gasteiger partial charge on any atom is 0.0555 e. The van der Waals surface area contributed by atoms with E-state index in [0.29, 0.717) is 0 Å². The van der Waals surface area contributed by atoms with Crippen molar-refractivity contribution < 1.29 is 0 Å². The van der Waals surface area contributed by atoms with Gasteiger partial charge in [0.05, 0.1) is 8.07 Å². The molecule has 0 aromatic carbocycles. The Morgan fingerprint density at radius 2 is 1.25 bits per heavy atom. The molecule has 6 saturated carbocycles. The van der Waals surface area contributed by atoms with Crippen molar-refractivity contribution in [2.75, 3.05) is 0 Å². The van der Waals surface area contributed by atoms with Crippen LogP contribution in [0.3, 0.4) is 0 Å². The van der Waals surface area contributed by atoms with Gasteiger partial charge in [-0.05, 0) is 108 Å². The number of thioether (sulfide) groups is 1. The zero-order chi connectivity index (χ0) is 24.8. The molecule has 7 fully saturated rings. The summed E-state index contributed by atoms with van der Waals surface area (Å²) in [6, 6.07) is 0. The fourth-order valence-corrected chi connectivity index (χ4v) is 23.6. The summed E-state index contributed by atoms with van der Waals surface area (Å²) in [5.74, 6) is 11.9. The first-order chi connectivity index (χ1) is 17.4. The first-order valence-electron chi connectivity index (χ1n) is 17.0. The van der Waals surface area contributed by atoms with E-state index in [-0.39, 0.29) is 0 Å². The van der Waals surface area contributed by atoms with E-state index in [2.05, 4.69) is 45.6 Å². The van der Waals surface area contributed by atoms with Crippen molar-refractivity contribution in [2.45, 2.75) is 145 Å². The van der Waals surface area contributed by atoms with Gasteiger partial charge in [0.1, 0.15) is 0 Å². The molecule has 7 aliphatic rings. The Balaban J connectivity index is 1.20. The third-order valence-corrected chi connectivity index (χ3v) is 22.2. The van der Waals surface area contributed by atoms with Gasteiger partial charge in [0, 0.05) is 10.5 Å². The van der Waals surface area contributed by atoms with E-state index in [9.17, 15) is 0 Å². The van der Waals surface area contributed by atoms with E-state index < -0.39 is 8.07 Å². The Morgan fingerprint density at radius 3 is 2.06 bits per heavy atom. The maximum atomic E-state index is 2.96. The van der Waals surface area contributed by atoms with Gasteiger partial charge in [-0.1, -0.05) is 91.7 Å². The predicted octanol–water partition coefficient (Wildman–Crippen LogP) is 10.3. The van der Waals surface area contributed by atoms with Crippen molar-refractivity contribution in [1.82, 2.24) is 0 Å². The lowest BCUT2D eigenvalue weighted by Crippen LogP contribution is -2.49. The highest BCUT2D eigenvalue weighted by atomic mass is 32.2. The van der Waals surface area contributed by atoms with Crippen LogP contribution >= 0.6 is 11.8 Å². The van der Waals surface area contributed by atoms with E-state index in [1.54, 1.807) is 70.6 Å². The molecule has 204 valence electrons. The third-order valence-electron chi connectivity index (χ3n) is 14.8. The van der Waals surface area contributed by atoms with E-state index in [1.807, 2.05) is 0 Å². The van der Waals surface area contributed by atoms with Gasteiger partial charge in [0.15, 0.2) is 0 Å². The summed E-state index contributed by atoms with van der Waals surface area (Å²) >= 11 is 2.57. The molecule has 0 bridgehead atoms. The molecule has 2 heteroatoms. The van der Waals surface area contributed by atoms with Gasteiger partial charge in [0.2, 0.25) is 0 Å². The fourth-order valence-electron chi connectivity index (χ4n) is 13.8. The third kappa shape index (κ3) is 3.78. The number of fused-ring (bicyclic) bond motifs is 5. The van der Waals surface area contributed by atoms with E-state index in [0.717, 1.165) is 86.7 Å². The molecule has 14 unspecified atom stereocenters. The van der Waals surface area contributed by atoms with Gasteiger partial charge in [-0.3, -0.25) is 0 Å². The normalized spacial score (nSPS) is 55.2. The molecule has 7 rings (SSSR count). The van der Waals surface area contributed by atoms with Crippen LogP contribution in [0.5, 0.6) is 0 Å². The largest absolute Gasteiger partial charge is 0.155 e. The molecule has 14 atom stereocenters. The molecule has 0 radical (unpaired) electrons. The highest BCUT2D eigenvalue weighted by molar-refractivity contribution is 8.01. The second kappa shape index (κ2) is 9.59. The van der Waals surface area contributed by atoms with Crippen molar-refractivity contribution in [3.05, 3.63) is 0 Å². The van der Waals surface area contributed by atoms with Crippen LogP contribution in [0.2, 0.25) is 24.2 Å². The number of hydrogen-bond donors (Lipinski definition) is 0. The molecule has 1 aliphatic heterocycles. The number of rotatable bonds is 3. The first-order valence-corrected chi connectivity index (χ1v) is 21.1. The topological polar surface area (TPSA) is 0 Å². The lowest BCUT2D eigenvalue weighted by molar-refractivity contribution is 0.0158. The average molecular weight is 527 g/mol. The summed E-state index contributed by atoms with van der Waals surface area (Å²) in [5.41, 5.74) is 2.21. The monoisotopic (exact) mass is 526 g/mol. The highest BCUT2D eigenvalue weighted by Crippen LogP contribution is 2.71. The average Bonchev–Trinajstić information content (AvgIpc) is 3.60. The van der Waals surface area contributed by atoms with Gasteiger partial charge < -0.3 is 0 Å². The molecule has 0 nitrogen and oxygen atoms in total. The fraction of sp³-hybridized carbons (Fsp3) is 1.00. The van der Waals surface area contributed by atoms with Crippen LogP contribution in [0.25, 0.3) is 0 Å². The summed E-state index contributed by atoms with van der Waals surface area (Å²) < 4.78 is 0. The molecular formula is C34H58SSi. The molecule has 0 aromatic heterocycles. The minimum Gasteiger partial charge on any atom is -0.155 e. The Morgan fingerprint density at radius 1 is 0.556 bits per heavy atom. The van der Waals surface area contributed by atoms with Gasteiger partial charge in [-0.25, -0.2) is 0 Å².